The summed E-state index contributed by atoms with van der Waals surface area (Å²) in [4.78, 5) is 0.134. The molecule has 0 amide bonds. The number of aryl methyl sites for hydroxylation is 1. The van der Waals surface area contributed by atoms with Gasteiger partial charge in [-0.15, -0.1) is 0 Å². The number of ether oxygens (including phenoxy) is 1. The fourth-order valence-corrected chi connectivity index (χ4v) is 3.75. The van der Waals surface area contributed by atoms with Crippen molar-refractivity contribution in [3.05, 3.63) is 46.4 Å². The molecule has 0 atom stereocenters. The fraction of sp³-hybridized carbons (Fsp3) is 0.143. The Morgan fingerprint density at radius 1 is 1.19 bits per heavy atom. The molecule has 0 heterocycles. The predicted molar refractivity (Wildman–Crippen MR) is 87.1 cm³/mol. The van der Waals surface area contributed by atoms with Crippen molar-refractivity contribution >= 4 is 37.3 Å². The Balaban J connectivity index is 2.37. The Labute approximate surface area is 132 Å². The van der Waals surface area contributed by atoms with Crippen LogP contribution >= 0.6 is 15.9 Å². The first-order chi connectivity index (χ1) is 9.83. The summed E-state index contributed by atoms with van der Waals surface area (Å²) in [5.74, 6) is 0.588. The number of halogens is 1. The van der Waals surface area contributed by atoms with Gasteiger partial charge in [-0.05, 0) is 64.8 Å². The topological polar surface area (TPSA) is 81.4 Å². The van der Waals surface area contributed by atoms with Crippen LogP contribution in [0.5, 0.6) is 5.75 Å². The SMILES string of the molecule is COc1ccc(S(=O)(=O)Nc2c(N)cc(C)cc2Br)cc1. The molecular formula is C14H15BrN2O3S. The summed E-state index contributed by atoms with van der Waals surface area (Å²) in [5, 5.41) is 0. The third-order valence-electron chi connectivity index (χ3n) is 2.87. The van der Waals surface area contributed by atoms with Crippen LogP contribution < -0.4 is 15.2 Å². The van der Waals surface area contributed by atoms with Gasteiger partial charge in [0, 0.05) is 4.47 Å². The van der Waals surface area contributed by atoms with E-state index < -0.39 is 10.0 Å². The number of hydrogen-bond donors (Lipinski definition) is 2. The first kappa shape index (κ1) is 15.7. The van der Waals surface area contributed by atoms with Crippen LogP contribution in [-0.2, 0) is 10.0 Å². The highest BCUT2D eigenvalue weighted by molar-refractivity contribution is 9.10. The van der Waals surface area contributed by atoms with E-state index in [1.807, 2.05) is 6.92 Å². The molecule has 0 saturated heterocycles. The van der Waals surface area contributed by atoms with Gasteiger partial charge in [0.2, 0.25) is 0 Å². The van der Waals surface area contributed by atoms with Gasteiger partial charge in [0.25, 0.3) is 10.0 Å². The monoisotopic (exact) mass is 370 g/mol. The summed E-state index contributed by atoms with van der Waals surface area (Å²) in [6, 6.07) is 9.61. The van der Waals surface area contributed by atoms with E-state index in [2.05, 4.69) is 20.7 Å². The summed E-state index contributed by atoms with van der Waals surface area (Å²) < 4.78 is 32.8. The van der Waals surface area contributed by atoms with Crippen molar-refractivity contribution < 1.29 is 13.2 Å². The van der Waals surface area contributed by atoms with Gasteiger partial charge >= 0.3 is 0 Å². The number of benzene rings is 2. The lowest BCUT2D eigenvalue weighted by Gasteiger charge is -2.13. The lowest BCUT2D eigenvalue weighted by Crippen LogP contribution is -2.14. The maximum absolute atomic E-state index is 12.4. The highest BCUT2D eigenvalue weighted by Gasteiger charge is 2.17. The third-order valence-corrected chi connectivity index (χ3v) is 4.86. The van der Waals surface area contributed by atoms with E-state index in [-0.39, 0.29) is 4.90 Å². The number of hydrogen-bond acceptors (Lipinski definition) is 4. The number of nitrogens with one attached hydrogen (secondary N) is 1. The second-order valence-corrected chi connectivity index (χ2v) is 7.03. The fourth-order valence-electron chi connectivity index (χ4n) is 1.82. The first-order valence-electron chi connectivity index (χ1n) is 6.06. The molecule has 5 nitrogen and oxygen atoms in total. The highest BCUT2D eigenvalue weighted by atomic mass is 79.9. The van der Waals surface area contributed by atoms with Crippen LogP contribution in [0.2, 0.25) is 0 Å². The van der Waals surface area contributed by atoms with Crippen LogP contribution in [0, 0.1) is 6.92 Å². The minimum Gasteiger partial charge on any atom is -0.497 e. The molecule has 2 aromatic carbocycles. The zero-order valence-electron chi connectivity index (χ0n) is 11.6. The Kier molecular flexibility index (Phi) is 4.43. The molecule has 0 aliphatic carbocycles. The van der Waals surface area contributed by atoms with E-state index in [9.17, 15) is 8.42 Å². The van der Waals surface area contributed by atoms with Crippen molar-refractivity contribution in [2.75, 3.05) is 17.6 Å². The Hall–Kier alpha value is -1.73. The van der Waals surface area contributed by atoms with Gasteiger partial charge in [-0.25, -0.2) is 8.42 Å². The number of sulfonamides is 1. The Bertz CT molecular complexity index is 735. The molecule has 0 radical (unpaired) electrons. The molecule has 2 rings (SSSR count). The van der Waals surface area contributed by atoms with Crippen molar-refractivity contribution in [2.24, 2.45) is 0 Å². The van der Waals surface area contributed by atoms with Gasteiger partial charge in [0.15, 0.2) is 0 Å². The van der Waals surface area contributed by atoms with Crippen LogP contribution in [0.3, 0.4) is 0 Å². The average molecular weight is 371 g/mol. The maximum atomic E-state index is 12.4. The van der Waals surface area contributed by atoms with E-state index >= 15 is 0 Å². The second-order valence-electron chi connectivity index (χ2n) is 4.49. The van der Waals surface area contributed by atoms with E-state index in [1.54, 1.807) is 24.3 Å². The summed E-state index contributed by atoms with van der Waals surface area (Å²) in [7, 11) is -2.19. The molecule has 0 aromatic heterocycles. The van der Waals surface area contributed by atoms with Gasteiger partial charge in [0.1, 0.15) is 5.75 Å². The van der Waals surface area contributed by atoms with Crippen molar-refractivity contribution in [1.29, 1.82) is 0 Å². The minimum atomic E-state index is -3.71. The third kappa shape index (κ3) is 3.48. The predicted octanol–water partition coefficient (Wildman–Crippen LogP) is 3.15. The molecule has 0 spiro atoms. The van der Waals surface area contributed by atoms with Gasteiger partial charge < -0.3 is 10.5 Å². The number of rotatable bonds is 4. The van der Waals surface area contributed by atoms with E-state index in [0.717, 1.165) is 5.56 Å². The van der Waals surface area contributed by atoms with Crippen LogP contribution in [0.1, 0.15) is 5.56 Å². The maximum Gasteiger partial charge on any atom is 0.262 e. The van der Waals surface area contributed by atoms with Gasteiger partial charge in [-0.2, -0.15) is 0 Å². The molecule has 3 N–H and O–H groups in total. The molecule has 0 bridgehead atoms. The molecule has 0 unspecified atom stereocenters. The summed E-state index contributed by atoms with van der Waals surface area (Å²) in [6.07, 6.45) is 0. The minimum absolute atomic E-state index is 0.134. The van der Waals surface area contributed by atoms with Crippen LogP contribution in [-0.4, -0.2) is 15.5 Å². The zero-order valence-corrected chi connectivity index (χ0v) is 14.0. The van der Waals surface area contributed by atoms with Gasteiger partial charge in [0.05, 0.1) is 23.4 Å². The van der Waals surface area contributed by atoms with E-state index in [1.165, 1.54) is 19.2 Å². The normalized spacial score (nSPS) is 11.2. The van der Waals surface area contributed by atoms with E-state index in [0.29, 0.717) is 21.6 Å². The second kappa shape index (κ2) is 5.95. The molecule has 21 heavy (non-hydrogen) atoms. The van der Waals surface area contributed by atoms with Gasteiger partial charge in [-0.3, -0.25) is 4.72 Å². The summed E-state index contributed by atoms with van der Waals surface area (Å²) >= 11 is 3.32. The van der Waals surface area contributed by atoms with Crippen molar-refractivity contribution in [2.45, 2.75) is 11.8 Å². The van der Waals surface area contributed by atoms with Crippen LogP contribution in [0.4, 0.5) is 11.4 Å². The molecular weight excluding hydrogens is 356 g/mol. The molecule has 2 aromatic rings. The lowest BCUT2D eigenvalue weighted by molar-refractivity contribution is 0.414. The van der Waals surface area contributed by atoms with Crippen molar-refractivity contribution in [3.63, 3.8) is 0 Å². The molecule has 0 fully saturated rings. The molecule has 7 heteroatoms. The average Bonchev–Trinajstić information content (AvgIpc) is 2.43. The molecule has 0 aliphatic heterocycles. The first-order valence-corrected chi connectivity index (χ1v) is 8.33. The largest absolute Gasteiger partial charge is 0.497 e. The van der Waals surface area contributed by atoms with Crippen molar-refractivity contribution in [3.8, 4) is 5.75 Å². The number of anilines is 2. The quantitative estimate of drug-likeness (QED) is 0.809. The van der Waals surface area contributed by atoms with Crippen molar-refractivity contribution in [1.82, 2.24) is 0 Å². The molecule has 0 aliphatic rings. The zero-order chi connectivity index (χ0) is 15.6. The summed E-state index contributed by atoms with van der Waals surface area (Å²) in [6.45, 7) is 1.88. The number of methoxy groups -OCH3 is 1. The Morgan fingerprint density at radius 2 is 1.81 bits per heavy atom. The van der Waals surface area contributed by atoms with Gasteiger partial charge in [-0.1, -0.05) is 0 Å². The standard InChI is InChI=1S/C14H15BrN2O3S/c1-9-7-12(15)14(13(16)8-9)17-21(18,19)11-5-3-10(20-2)4-6-11/h3-8,17H,16H2,1-2H3. The smallest absolute Gasteiger partial charge is 0.262 e. The number of nitrogens with two attached hydrogens (primary N) is 1. The van der Waals surface area contributed by atoms with Crippen LogP contribution in [0.15, 0.2) is 45.8 Å². The van der Waals surface area contributed by atoms with Crippen LogP contribution in [0.25, 0.3) is 0 Å². The lowest BCUT2D eigenvalue weighted by atomic mass is 10.2. The molecule has 112 valence electrons. The summed E-state index contributed by atoms with van der Waals surface area (Å²) in [5.41, 5.74) is 7.50. The highest BCUT2D eigenvalue weighted by Crippen LogP contribution is 2.32. The van der Waals surface area contributed by atoms with E-state index in [4.69, 9.17) is 10.5 Å². The molecule has 0 saturated carbocycles. The number of nitrogen functional groups attached to an aromatic ring is 1. The Morgan fingerprint density at radius 3 is 2.33 bits per heavy atom.